The van der Waals surface area contributed by atoms with Crippen LogP contribution >= 0.6 is 34.7 Å². The lowest BCUT2D eigenvalue weighted by atomic mass is 10.1. The average molecular weight is 368 g/mol. The van der Waals surface area contributed by atoms with Crippen molar-refractivity contribution < 1.29 is 14.7 Å². The summed E-state index contributed by atoms with van der Waals surface area (Å²) in [5.41, 5.74) is 1.51. The number of benzene rings is 1. The van der Waals surface area contributed by atoms with Crippen molar-refractivity contribution in [2.45, 2.75) is 17.7 Å². The van der Waals surface area contributed by atoms with Gasteiger partial charge in [0.2, 0.25) is 5.91 Å². The number of fused-ring (bicyclic) bond motifs is 1. The number of thiophene rings is 1. The van der Waals surface area contributed by atoms with Crippen molar-refractivity contribution in [1.29, 1.82) is 0 Å². The second kappa shape index (κ2) is 6.95. The van der Waals surface area contributed by atoms with Gasteiger partial charge in [-0.15, -0.1) is 23.1 Å². The molecule has 7 heteroatoms. The fourth-order valence-electron chi connectivity index (χ4n) is 2.52. The zero-order valence-corrected chi connectivity index (χ0v) is 14.4. The molecule has 4 nitrogen and oxygen atoms in total. The molecule has 1 aliphatic heterocycles. The van der Waals surface area contributed by atoms with Gasteiger partial charge in [-0.2, -0.15) is 0 Å². The van der Waals surface area contributed by atoms with E-state index < -0.39 is 12.0 Å². The lowest BCUT2D eigenvalue weighted by molar-refractivity contribution is -0.142. The van der Waals surface area contributed by atoms with Crippen LogP contribution in [0.15, 0.2) is 35.7 Å². The first-order valence-corrected chi connectivity index (χ1v) is 9.33. The molecule has 1 amide bonds. The molecule has 2 atom stereocenters. The van der Waals surface area contributed by atoms with Crippen LogP contribution in [0.1, 0.15) is 27.3 Å². The maximum atomic E-state index is 12.6. The van der Waals surface area contributed by atoms with Crippen LogP contribution in [0, 0.1) is 0 Å². The number of carbonyl (C=O) groups is 2. The minimum absolute atomic E-state index is 0.267. The zero-order chi connectivity index (χ0) is 16.4. The van der Waals surface area contributed by atoms with E-state index in [4.69, 9.17) is 11.6 Å². The van der Waals surface area contributed by atoms with E-state index in [0.717, 1.165) is 17.7 Å². The third-order valence-electron chi connectivity index (χ3n) is 3.65. The molecule has 0 radical (unpaired) electrons. The number of aliphatic carboxylic acids is 1. The molecule has 1 aromatic carbocycles. The summed E-state index contributed by atoms with van der Waals surface area (Å²) in [5.74, 6) is -0.492. The second-order valence-electron chi connectivity index (χ2n) is 5.13. The standard InChI is InChI=1S/C16H14ClNO3S2/c17-10-3-1-9(2-4-10)13(16(20)21)18-15(19)14-11-5-7-22-12(11)6-8-23-14/h1-5,7,13-14H,6,8H2,(H,18,19)(H,20,21). The Morgan fingerprint density at radius 3 is 2.70 bits per heavy atom. The molecular formula is C16H14ClNO3S2. The maximum absolute atomic E-state index is 12.6. The van der Waals surface area contributed by atoms with Crippen molar-refractivity contribution in [2.24, 2.45) is 0 Å². The Hall–Kier alpha value is -1.50. The first-order chi connectivity index (χ1) is 11.1. The smallest absolute Gasteiger partial charge is 0.330 e. The number of hydrogen-bond acceptors (Lipinski definition) is 4. The molecular weight excluding hydrogens is 354 g/mol. The fraction of sp³-hybridized carbons (Fsp3) is 0.250. The fourth-order valence-corrected chi connectivity index (χ4v) is 4.95. The van der Waals surface area contributed by atoms with Crippen molar-refractivity contribution in [2.75, 3.05) is 5.75 Å². The number of rotatable bonds is 4. The number of carboxylic acid groups (broad SMARTS) is 1. The van der Waals surface area contributed by atoms with E-state index in [9.17, 15) is 14.7 Å². The molecule has 0 saturated carbocycles. The second-order valence-corrected chi connectivity index (χ2v) is 7.78. The molecule has 1 aromatic heterocycles. The number of nitrogens with one attached hydrogen (secondary N) is 1. The summed E-state index contributed by atoms with van der Waals surface area (Å²) >= 11 is 9.03. The van der Waals surface area contributed by atoms with Gasteiger partial charge < -0.3 is 10.4 Å². The molecule has 2 heterocycles. The Kier molecular flexibility index (Phi) is 4.94. The topological polar surface area (TPSA) is 66.4 Å². The number of thioether (sulfide) groups is 1. The van der Waals surface area contributed by atoms with Crippen LogP contribution in [0.2, 0.25) is 5.02 Å². The molecule has 0 saturated heterocycles. The molecule has 120 valence electrons. The van der Waals surface area contributed by atoms with Crippen LogP contribution in [-0.2, 0) is 16.0 Å². The van der Waals surface area contributed by atoms with E-state index >= 15 is 0 Å². The first kappa shape index (κ1) is 16.4. The van der Waals surface area contributed by atoms with Gasteiger partial charge in [0.15, 0.2) is 6.04 Å². The Labute approximate surface area is 146 Å². The summed E-state index contributed by atoms with van der Waals surface area (Å²) in [5, 5.41) is 14.3. The SMILES string of the molecule is O=C(O)C(NC(=O)C1SCCc2sccc21)c1ccc(Cl)cc1. The predicted molar refractivity (Wildman–Crippen MR) is 93.2 cm³/mol. The van der Waals surface area contributed by atoms with E-state index in [1.807, 2.05) is 11.4 Å². The van der Waals surface area contributed by atoms with Gasteiger partial charge in [0.25, 0.3) is 0 Å². The van der Waals surface area contributed by atoms with Gasteiger partial charge >= 0.3 is 5.97 Å². The molecule has 1 aliphatic rings. The largest absolute Gasteiger partial charge is 0.479 e. The van der Waals surface area contributed by atoms with Crippen molar-refractivity contribution in [3.8, 4) is 0 Å². The lowest BCUT2D eigenvalue weighted by Gasteiger charge is -2.23. The highest BCUT2D eigenvalue weighted by Gasteiger charge is 2.31. The molecule has 0 aliphatic carbocycles. The number of aryl methyl sites for hydroxylation is 1. The van der Waals surface area contributed by atoms with Gasteiger partial charge in [0, 0.05) is 9.90 Å². The minimum atomic E-state index is -1.09. The van der Waals surface area contributed by atoms with Gasteiger partial charge in [0.1, 0.15) is 5.25 Å². The molecule has 2 aromatic rings. The van der Waals surface area contributed by atoms with E-state index in [2.05, 4.69) is 5.32 Å². The van der Waals surface area contributed by atoms with Crippen LogP contribution in [0.4, 0.5) is 0 Å². The number of carboxylic acids is 1. The van der Waals surface area contributed by atoms with Crippen LogP contribution in [-0.4, -0.2) is 22.7 Å². The Morgan fingerprint density at radius 2 is 2.00 bits per heavy atom. The Balaban J connectivity index is 1.80. The third-order valence-corrected chi connectivity index (χ3v) is 6.14. The van der Waals surface area contributed by atoms with Crippen LogP contribution in [0.3, 0.4) is 0 Å². The molecule has 0 spiro atoms. The minimum Gasteiger partial charge on any atom is -0.479 e. The lowest BCUT2D eigenvalue weighted by Crippen LogP contribution is -2.37. The number of amides is 1. The summed E-state index contributed by atoms with van der Waals surface area (Å²) in [7, 11) is 0. The van der Waals surface area contributed by atoms with Gasteiger partial charge in [-0.3, -0.25) is 4.79 Å². The summed E-state index contributed by atoms with van der Waals surface area (Å²) in [6, 6.07) is 7.34. The number of carbonyl (C=O) groups excluding carboxylic acids is 1. The molecule has 3 rings (SSSR count). The quantitative estimate of drug-likeness (QED) is 0.865. The molecule has 0 bridgehead atoms. The number of hydrogen-bond donors (Lipinski definition) is 2. The van der Waals surface area contributed by atoms with Crippen molar-refractivity contribution in [3.63, 3.8) is 0 Å². The summed E-state index contributed by atoms with van der Waals surface area (Å²) in [6.07, 6.45) is 0.959. The van der Waals surface area contributed by atoms with E-state index in [0.29, 0.717) is 10.6 Å². The number of halogens is 1. The van der Waals surface area contributed by atoms with Crippen LogP contribution in [0.5, 0.6) is 0 Å². The monoisotopic (exact) mass is 367 g/mol. The highest BCUT2D eigenvalue weighted by molar-refractivity contribution is 8.00. The molecule has 2 unspecified atom stereocenters. The molecule has 23 heavy (non-hydrogen) atoms. The van der Waals surface area contributed by atoms with E-state index in [1.165, 1.54) is 4.88 Å². The summed E-state index contributed by atoms with van der Waals surface area (Å²) in [6.45, 7) is 0. The normalized spacial score (nSPS) is 18.0. The van der Waals surface area contributed by atoms with Crippen LogP contribution < -0.4 is 5.32 Å². The molecule has 0 fully saturated rings. The van der Waals surface area contributed by atoms with Gasteiger partial charge in [-0.25, -0.2) is 4.79 Å². The van der Waals surface area contributed by atoms with Crippen LogP contribution in [0.25, 0.3) is 0 Å². The molecule has 2 N–H and O–H groups in total. The predicted octanol–water partition coefficient (Wildman–Crippen LogP) is 3.67. The van der Waals surface area contributed by atoms with Gasteiger partial charge in [-0.05, 0) is 46.9 Å². The van der Waals surface area contributed by atoms with Crippen molar-refractivity contribution in [1.82, 2.24) is 5.32 Å². The third kappa shape index (κ3) is 3.54. The highest BCUT2D eigenvalue weighted by Crippen LogP contribution is 2.39. The maximum Gasteiger partial charge on any atom is 0.330 e. The highest BCUT2D eigenvalue weighted by atomic mass is 35.5. The van der Waals surface area contributed by atoms with Crippen molar-refractivity contribution in [3.05, 3.63) is 56.7 Å². The van der Waals surface area contributed by atoms with Gasteiger partial charge in [0.05, 0.1) is 0 Å². The summed E-state index contributed by atoms with van der Waals surface area (Å²) in [4.78, 5) is 25.4. The van der Waals surface area contributed by atoms with E-state index in [1.54, 1.807) is 47.4 Å². The average Bonchev–Trinajstić information content (AvgIpc) is 3.01. The van der Waals surface area contributed by atoms with E-state index in [-0.39, 0.29) is 11.2 Å². The Bertz CT molecular complexity index is 729. The first-order valence-electron chi connectivity index (χ1n) is 7.03. The van der Waals surface area contributed by atoms with Crippen molar-refractivity contribution >= 4 is 46.6 Å². The zero-order valence-electron chi connectivity index (χ0n) is 12.0. The van der Waals surface area contributed by atoms with Gasteiger partial charge in [-0.1, -0.05) is 23.7 Å². The Morgan fingerprint density at radius 1 is 1.26 bits per heavy atom. The summed E-state index contributed by atoms with van der Waals surface area (Å²) < 4.78 is 0.